The van der Waals surface area contributed by atoms with E-state index >= 15 is 0 Å². The molecule has 0 bridgehead atoms. The number of carbonyl (C=O) groups excluding carboxylic acids is 1. The van der Waals surface area contributed by atoms with Gasteiger partial charge in [-0.15, -0.1) is 0 Å². The first-order chi connectivity index (χ1) is 14.0. The van der Waals surface area contributed by atoms with E-state index in [2.05, 4.69) is 26.2 Å². The minimum atomic E-state index is -0.473. The van der Waals surface area contributed by atoms with E-state index in [1.165, 1.54) is 6.21 Å². The number of hydrazone groups is 1. The van der Waals surface area contributed by atoms with E-state index in [9.17, 15) is 4.79 Å². The molecule has 0 aliphatic heterocycles. The van der Waals surface area contributed by atoms with Crippen LogP contribution in [-0.2, 0) is 11.2 Å². The standard InChI is InChI=1S/C22H20ClN5O/c1-13-6-7-14-9-16(21(23)27-20(14)8-13)12-26-28-22(29)18(24)10-15-11-25-19-5-3-2-4-17(15)19/h2-9,11-12,18,25H,10,24H2,1H3,(H,28,29)/p+1. The molecule has 6 nitrogen and oxygen atoms in total. The van der Waals surface area contributed by atoms with Crippen molar-refractivity contribution in [3.8, 4) is 0 Å². The number of aryl methyl sites for hydroxylation is 1. The van der Waals surface area contributed by atoms with E-state index < -0.39 is 6.04 Å². The number of nitrogens with one attached hydrogen (secondary N) is 2. The lowest BCUT2D eigenvalue weighted by molar-refractivity contribution is -0.403. The molecule has 0 aliphatic carbocycles. The SMILES string of the molecule is Cc1ccc2cc(C=NNC(=O)C([NH3+])Cc3c[nH]c4ccccc34)c(Cl)nc2c1. The highest BCUT2D eigenvalue weighted by Gasteiger charge is 2.19. The lowest BCUT2D eigenvalue weighted by Crippen LogP contribution is -2.68. The maximum Gasteiger partial charge on any atom is 0.298 e. The molecule has 0 spiro atoms. The van der Waals surface area contributed by atoms with Gasteiger partial charge in [-0.25, -0.2) is 10.4 Å². The topological polar surface area (TPSA) is 97.8 Å². The van der Waals surface area contributed by atoms with Gasteiger partial charge in [0.05, 0.1) is 11.7 Å². The minimum absolute atomic E-state index is 0.257. The van der Waals surface area contributed by atoms with E-state index in [0.29, 0.717) is 17.1 Å². The predicted molar refractivity (Wildman–Crippen MR) is 116 cm³/mol. The number of rotatable bonds is 5. The maximum atomic E-state index is 12.4. The number of aromatic amines is 1. The molecule has 2 heterocycles. The molecular formula is C22H21ClN5O+. The van der Waals surface area contributed by atoms with Crippen molar-refractivity contribution in [3.05, 3.63) is 76.6 Å². The fraction of sp³-hybridized carbons (Fsp3) is 0.136. The highest BCUT2D eigenvalue weighted by atomic mass is 35.5. The Bertz CT molecular complexity index is 1230. The number of amides is 1. The molecule has 4 aromatic rings. The van der Waals surface area contributed by atoms with Crippen molar-refractivity contribution in [2.24, 2.45) is 5.10 Å². The smallest absolute Gasteiger partial charge is 0.298 e. The van der Waals surface area contributed by atoms with Gasteiger partial charge in [0.25, 0.3) is 5.91 Å². The largest absolute Gasteiger partial charge is 0.361 e. The summed E-state index contributed by atoms with van der Waals surface area (Å²) in [6.07, 6.45) is 3.94. The summed E-state index contributed by atoms with van der Waals surface area (Å²) in [7, 11) is 0. The average molecular weight is 407 g/mol. The van der Waals surface area contributed by atoms with Gasteiger partial charge in [-0.05, 0) is 36.2 Å². The van der Waals surface area contributed by atoms with Crippen molar-refractivity contribution in [2.75, 3.05) is 0 Å². The lowest BCUT2D eigenvalue weighted by atomic mass is 10.1. The van der Waals surface area contributed by atoms with Crippen LogP contribution in [0, 0.1) is 6.92 Å². The van der Waals surface area contributed by atoms with Crippen molar-refractivity contribution in [3.63, 3.8) is 0 Å². The third-order valence-electron chi connectivity index (χ3n) is 4.84. The first-order valence-corrected chi connectivity index (χ1v) is 9.67. The summed E-state index contributed by atoms with van der Waals surface area (Å²) in [5.41, 5.74) is 11.2. The Morgan fingerprint density at radius 3 is 3.00 bits per heavy atom. The normalized spacial score (nSPS) is 12.7. The van der Waals surface area contributed by atoms with E-state index in [0.717, 1.165) is 32.9 Å². The van der Waals surface area contributed by atoms with Crippen LogP contribution in [0.1, 0.15) is 16.7 Å². The fourth-order valence-corrected chi connectivity index (χ4v) is 3.47. The number of H-pyrrole nitrogens is 1. The van der Waals surface area contributed by atoms with Crippen LogP contribution >= 0.6 is 11.6 Å². The second-order valence-corrected chi connectivity index (χ2v) is 7.42. The minimum Gasteiger partial charge on any atom is -0.361 e. The Morgan fingerprint density at radius 1 is 1.31 bits per heavy atom. The average Bonchev–Trinajstić information content (AvgIpc) is 3.11. The zero-order valence-electron chi connectivity index (χ0n) is 15.9. The lowest BCUT2D eigenvalue weighted by Gasteiger charge is -2.06. The number of carbonyl (C=O) groups is 1. The number of para-hydroxylation sites is 1. The Balaban J connectivity index is 1.43. The van der Waals surface area contributed by atoms with Crippen LogP contribution in [-0.4, -0.2) is 28.1 Å². The van der Waals surface area contributed by atoms with Gasteiger partial charge >= 0.3 is 0 Å². The van der Waals surface area contributed by atoms with E-state index in [1.807, 2.05) is 61.7 Å². The summed E-state index contributed by atoms with van der Waals surface area (Å²) in [5, 5.41) is 6.44. The third-order valence-corrected chi connectivity index (χ3v) is 5.15. The first-order valence-electron chi connectivity index (χ1n) is 9.29. The van der Waals surface area contributed by atoms with Crippen molar-refractivity contribution in [1.82, 2.24) is 15.4 Å². The second kappa shape index (κ2) is 8.03. The van der Waals surface area contributed by atoms with Gasteiger partial charge in [-0.1, -0.05) is 41.9 Å². The van der Waals surface area contributed by atoms with Crippen molar-refractivity contribution >= 4 is 45.5 Å². The molecule has 2 aromatic carbocycles. The van der Waals surface area contributed by atoms with Crippen LogP contribution in [0.2, 0.25) is 5.15 Å². The van der Waals surface area contributed by atoms with Gasteiger partial charge < -0.3 is 10.7 Å². The van der Waals surface area contributed by atoms with Crippen molar-refractivity contribution < 1.29 is 10.5 Å². The molecule has 5 N–H and O–H groups in total. The molecule has 0 aliphatic rings. The third kappa shape index (κ3) is 4.13. The molecule has 7 heteroatoms. The van der Waals surface area contributed by atoms with Gasteiger partial charge in [0.2, 0.25) is 0 Å². The monoisotopic (exact) mass is 406 g/mol. The zero-order valence-corrected chi connectivity index (χ0v) is 16.7. The number of nitrogens with zero attached hydrogens (tertiary/aromatic N) is 2. The predicted octanol–water partition coefficient (Wildman–Crippen LogP) is 2.98. The van der Waals surface area contributed by atoms with Gasteiger partial charge in [0.1, 0.15) is 5.15 Å². The number of hydrogen-bond donors (Lipinski definition) is 3. The summed E-state index contributed by atoms with van der Waals surface area (Å²) in [6, 6.07) is 15.4. The summed E-state index contributed by atoms with van der Waals surface area (Å²) < 4.78 is 0. The molecule has 0 saturated carbocycles. The van der Waals surface area contributed by atoms with Gasteiger partial charge in [-0.3, -0.25) is 4.79 Å². The number of hydrogen-bond acceptors (Lipinski definition) is 3. The number of benzene rings is 2. The fourth-order valence-electron chi connectivity index (χ4n) is 3.28. The number of quaternary nitrogens is 1. The molecule has 0 fully saturated rings. The van der Waals surface area contributed by atoms with E-state index in [-0.39, 0.29) is 5.91 Å². The molecule has 0 saturated heterocycles. The van der Waals surface area contributed by atoms with Gasteiger partial charge in [0.15, 0.2) is 6.04 Å². The van der Waals surface area contributed by atoms with Gasteiger partial charge in [0, 0.05) is 34.5 Å². The van der Waals surface area contributed by atoms with Crippen LogP contribution < -0.4 is 11.2 Å². The van der Waals surface area contributed by atoms with E-state index in [4.69, 9.17) is 11.6 Å². The summed E-state index contributed by atoms with van der Waals surface area (Å²) in [6.45, 7) is 2.01. The Hall–Kier alpha value is -3.22. The highest BCUT2D eigenvalue weighted by Crippen LogP contribution is 2.20. The number of halogens is 1. The Labute approximate surface area is 172 Å². The molecular weight excluding hydrogens is 386 g/mol. The van der Waals surface area contributed by atoms with Crippen LogP contribution in [0.5, 0.6) is 0 Å². The highest BCUT2D eigenvalue weighted by molar-refractivity contribution is 6.32. The van der Waals surface area contributed by atoms with Gasteiger partial charge in [-0.2, -0.15) is 5.10 Å². The molecule has 1 amide bonds. The number of aromatic nitrogens is 2. The number of pyridine rings is 1. The zero-order chi connectivity index (χ0) is 20.4. The van der Waals surface area contributed by atoms with Crippen LogP contribution in [0.15, 0.2) is 59.8 Å². The Kier molecular flexibility index (Phi) is 5.29. The molecule has 0 radical (unpaired) electrons. The van der Waals surface area contributed by atoms with Crippen LogP contribution in [0.25, 0.3) is 21.8 Å². The number of fused-ring (bicyclic) bond motifs is 2. The second-order valence-electron chi connectivity index (χ2n) is 7.06. The summed E-state index contributed by atoms with van der Waals surface area (Å²) >= 11 is 6.25. The van der Waals surface area contributed by atoms with E-state index in [1.54, 1.807) is 0 Å². The summed E-state index contributed by atoms with van der Waals surface area (Å²) in [4.78, 5) is 20.0. The molecule has 1 atom stereocenters. The van der Waals surface area contributed by atoms with Crippen molar-refractivity contribution in [2.45, 2.75) is 19.4 Å². The molecule has 29 heavy (non-hydrogen) atoms. The van der Waals surface area contributed by atoms with Crippen molar-refractivity contribution in [1.29, 1.82) is 0 Å². The molecule has 2 aromatic heterocycles. The van der Waals surface area contributed by atoms with Crippen LogP contribution in [0.4, 0.5) is 0 Å². The molecule has 1 unspecified atom stereocenters. The first kappa shape index (κ1) is 19.1. The summed E-state index contributed by atoms with van der Waals surface area (Å²) in [5.74, 6) is -0.257. The Morgan fingerprint density at radius 2 is 2.14 bits per heavy atom. The quantitative estimate of drug-likeness (QED) is 0.270. The van der Waals surface area contributed by atoms with Crippen LogP contribution in [0.3, 0.4) is 0 Å². The molecule has 4 rings (SSSR count). The maximum absolute atomic E-state index is 12.4. The molecule has 146 valence electrons.